The van der Waals surface area contributed by atoms with E-state index in [1.807, 2.05) is 24.3 Å². The fourth-order valence-corrected chi connectivity index (χ4v) is 2.61. The highest BCUT2D eigenvalue weighted by Gasteiger charge is 2.20. The molecule has 4 nitrogen and oxygen atoms in total. The molecule has 0 bridgehead atoms. The molecule has 0 radical (unpaired) electrons. The number of carbonyl (C=O) groups excluding carboxylic acids is 1. The summed E-state index contributed by atoms with van der Waals surface area (Å²) in [6.45, 7) is 3.59. The molecule has 0 aliphatic carbocycles. The number of para-hydroxylation sites is 1. The van der Waals surface area contributed by atoms with Crippen LogP contribution < -0.4 is 11.1 Å². The maximum atomic E-state index is 11.8. The summed E-state index contributed by atoms with van der Waals surface area (Å²) in [5.74, 6) is -0.238. The molecule has 0 heterocycles. The predicted octanol–water partition coefficient (Wildman–Crippen LogP) is 3.41. The quantitative estimate of drug-likeness (QED) is 0.792. The maximum Gasteiger partial charge on any atom is 0.244 e. The Morgan fingerprint density at radius 3 is 2.33 bits per heavy atom. The molecule has 110 valence electrons. The van der Waals surface area contributed by atoms with Crippen LogP contribution in [0.15, 0.2) is 40.9 Å². The Kier molecular flexibility index (Phi) is 4.53. The van der Waals surface area contributed by atoms with Crippen molar-refractivity contribution in [3.63, 3.8) is 0 Å². The summed E-state index contributed by atoms with van der Waals surface area (Å²) < 4.78 is 0.850. The zero-order valence-electron chi connectivity index (χ0n) is 11.9. The molecule has 0 aliphatic rings. The van der Waals surface area contributed by atoms with Gasteiger partial charge in [0.2, 0.25) is 5.91 Å². The van der Waals surface area contributed by atoms with Crippen molar-refractivity contribution < 1.29 is 9.90 Å². The van der Waals surface area contributed by atoms with E-state index in [0.29, 0.717) is 11.1 Å². The van der Waals surface area contributed by atoms with Gasteiger partial charge in [-0.15, -0.1) is 0 Å². The van der Waals surface area contributed by atoms with Crippen LogP contribution in [0.2, 0.25) is 0 Å². The molecule has 0 aromatic heterocycles. The van der Waals surface area contributed by atoms with Crippen molar-refractivity contribution in [2.24, 2.45) is 5.73 Å². The zero-order valence-corrected chi connectivity index (χ0v) is 13.4. The van der Waals surface area contributed by atoms with Gasteiger partial charge in [-0.2, -0.15) is 0 Å². The first-order chi connectivity index (χ1) is 9.90. The smallest absolute Gasteiger partial charge is 0.244 e. The average Bonchev–Trinajstić information content (AvgIpc) is 2.43. The summed E-state index contributed by atoms with van der Waals surface area (Å²) in [5.41, 5.74) is 8.46. The van der Waals surface area contributed by atoms with Crippen molar-refractivity contribution in [1.82, 2.24) is 0 Å². The molecule has 0 saturated carbocycles. The molecule has 1 unspecified atom stereocenters. The van der Waals surface area contributed by atoms with E-state index in [4.69, 9.17) is 5.73 Å². The first-order valence-electron chi connectivity index (χ1n) is 6.50. The van der Waals surface area contributed by atoms with Crippen LogP contribution in [0.25, 0.3) is 0 Å². The summed E-state index contributed by atoms with van der Waals surface area (Å²) in [5, 5.41) is 13.0. The van der Waals surface area contributed by atoms with Crippen molar-refractivity contribution >= 4 is 27.5 Å². The molecule has 5 heteroatoms. The Labute approximate surface area is 132 Å². The molecule has 1 amide bonds. The van der Waals surface area contributed by atoms with E-state index in [1.165, 1.54) is 0 Å². The predicted molar refractivity (Wildman–Crippen MR) is 87.3 cm³/mol. The monoisotopic (exact) mass is 348 g/mol. The fourth-order valence-electron chi connectivity index (χ4n) is 2.21. The average molecular weight is 349 g/mol. The van der Waals surface area contributed by atoms with Gasteiger partial charge in [0.25, 0.3) is 0 Å². The fraction of sp³-hybridized carbons (Fsp3) is 0.188. The number of primary amides is 1. The Hall–Kier alpha value is -2.01. The molecule has 2 rings (SSSR count). The van der Waals surface area contributed by atoms with E-state index in [-0.39, 0.29) is 5.75 Å². The molecule has 2 aromatic carbocycles. The van der Waals surface area contributed by atoms with E-state index in [0.717, 1.165) is 15.7 Å². The number of aromatic hydroxyl groups is 1. The van der Waals surface area contributed by atoms with Crippen molar-refractivity contribution in [3.05, 3.63) is 57.6 Å². The van der Waals surface area contributed by atoms with E-state index in [1.54, 1.807) is 26.0 Å². The first-order valence-corrected chi connectivity index (χ1v) is 7.30. The van der Waals surface area contributed by atoms with Gasteiger partial charge < -0.3 is 16.2 Å². The lowest BCUT2D eigenvalue weighted by Crippen LogP contribution is -2.28. The SMILES string of the molecule is Cc1cc(C(Nc2ccccc2Br)C(N)=O)cc(C)c1O. The summed E-state index contributed by atoms with van der Waals surface area (Å²) >= 11 is 3.43. The van der Waals surface area contributed by atoms with Gasteiger partial charge in [-0.1, -0.05) is 12.1 Å². The molecule has 0 spiro atoms. The van der Waals surface area contributed by atoms with Gasteiger partial charge in [0.05, 0.1) is 0 Å². The number of benzene rings is 2. The Morgan fingerprint density at radius 1 is 1.24 bits per heavy atom. The van der Waals surface area contributed by atoms with Crippen LogP contribution in [0.1, 0.15) is 22.7 Å². The number of nitrogens with two attached hydrogens (primary N) is 1. The van der Waals surface area contributed by atoms with E-state index < -0.39 is 11.9 Å². The van der Waals surface area contributed by atoms with Crippen LogP contribution in [0, 0.1) is 13.8 Å². The third-order valence-electron chi connectivity index (χ3n) is 3.30. The highest BCUT2D eigenvalue weighted by molar-refractivity contribution is 9.10. The van der Waals surface area contributed by atoms with Gasteiger partial charge in [-0.3, -0.25) is 4.79 Å². The maximum absolute atomic E-state index is 11.8. The largest absolute Gasteiger partial charge is 0.507 e. The number of rotatable bonds is 4. The zero-order chi connectivity index (χ0) is 15.6. The number of hydrogen-bond donors (Lipinski definition) is 3. The lowest BCUT2D eigenvalue weighted by molar-refractivity contribution is -0.118. The van der Waals surface area contributed by atoms with E-state index in [2.05, 4.69) is 21.2 Å². The summed E-state index contributed by atoms with van der Waals surface area (Å²) in [6, 6.07) is 10.4. The number of nitrogens with one attached hydrogen (secondary N) is 1. The van der Waals surface area contributed by atoms with Crippen LogP contribution in [0.5, 0.6) is 5.75 Å². The normalized spacial score (nSPS) is 12.0. The third kappa shape index (κ3) is 3.36. The molecule has 1 atom stereocenters. The summed E-state index contributed by atoms with van der Waals surface area (Å²) in [4.78, 5) is 11.8. The lowest BCUT2D eigenvalue weighted by Gasteiger charge is -2.19. The number of phenols is 1. The highest BCUT2D eigenvalue weighted by Crippen LogP contribution is 2.30. The van der Waals surface area contributed by atoms with Crippen LogP contribution >= 0.6 is 15.9 Å². The number of phenolic OH excluding ortho intramolecular Hbond substituents is 1. The van der Waals surface area contributed by atoms with Crippen molar-refractivity contribution in [1.29, 1.82) is 0 Å². The standard InChI is InChI=1S/C16H17BrN2O2/c1-9-7-11(8-10(2)15(9)20)14(16(18)21)19-13-6-4-3-5-12(13)17/h3-8,14,19-20H,1-2H3,(H2,18,21). The molecule has 0 fully saturated rings. The number of aryl methyl sites for hydroxylation is 2. The number of carbonyl (C=O) groups is 1. The van der Waals surface area contributed by atoms with Crippen LogP contribution in [-0.4, -0.2) is 11.0 Å². The minimum absolute atomic E-state index is 0.239. The second-order valence-corrected chi connectivity index (χ2v) is 5.82. The molecular formula is C16H17BrN2O2. The minimum Gasteiger partial charge on any atom is -0.507 e. The Balaban J connectivity index is 2.41. The van der Waals surface area contributed by atoms with Gasteiger partial charge in [0.1, 0.15) is 11.8 Å². The van der Waals surface area contributed by atoms with Gasteiger partial charge in [-0.05, 0) is 70.7 Å². The van der Waals surface area contributed by atoms with Gasteiger partial charge in [0, 0.05) is 10.2 Å². The van der Waals surface area contributed by atoms with Crippen molar-refractivity contribution in [2.75, 3.05) is 5.32 Å². The molecule has 21 heavy (non-hydrogen) atoms. The molecule has 0 saturated heterocycles. The van der Waals surface area contributed by atoms with Gasteiger partial charge in [-0.25, -0.2) is 0 Å². The van der Waals surface area contributed by atoms with E-state index in [9.17, 15) is 9.90 Å². The number of amides is 1. The van der Waals surface area contributed by atoms with Gasteiger partial charge in [0.15, 0.2) is 0 Å². The number of anilines is 1. The van der Waals surface area contributed by atoms with Crippen LogP contribution in [-0.2, 0) is 4.79 Å². The summed E-state index contributed by atoms with van der Waals surface area (Å²) in [7, 11) is 0. The van der Waals surface area contributed by atoms with Crippen LogP contribution in [0.3, 0.4) is 0 Å². The number of hydrogen-bond acceptors (Lipinski definition) is 3. The third-order valence-corrected chi connectivity index (χ3v) is 4.00. The molecule has 0 aliphatic heterocycles. The van der Waals surface area contributed by atoms with E-state index >= 15 is 0 Å². The topological polar surface area (TPSA) is 75.3 Å². The van der Waals surface area contributed by atoms with Crippen molar-refractivity contribution in [2.45, 2.75) is 19.9 Å². The van der Waals surface area contributed by atoms with Gasteiger partial charge >= 0.3 is 0 Å². The Morgan fingerprint density at radius 2 is 1.81 bits per heavy atom. The second-order valence-electron chi connectivity index (χ2n) is 4.96. The highest BCUT2D eigenvalue weighted by atomic mass is 79.9. The molecule has 4 N–H and O–H groups in total. The molecular weight excluding hydrogens is 332 g/mol. The first kappa shape index (κ1) is 15.4. The van der Waals surface area contributed by atoms with Crippen LogP contribution in [0.4, 0.5) is 5.69 Å². The molecule has 2 aromatic rings. The van der Waals surface area contributed by atoms with Crippen molar-refractivity contribution in [3.8, 4) is 5.75 Å². The Bertz CT molecular complexity index is 663. The summed E-state index contributed by atoms with van der Waals surface area (Å²) in [6.07, 6.45) is 0. The lowest BCUT2D eigenvalue weighted by atomic mass is 9.99. The number of halogens is 1. The second kappa shape index (κ2) is 6.18. The minimum atomic E-state index is -0.665.